The number of benzene rings is 2. The van der Waals surface area contributed by atoms with E-state index >= 15 is 0 Å². The number of aromatic carboxylic acids is 1. The second kappa shape index (κ2) is 12.6. The Labute approximate surface area is 251 Å². The molecule has 15 heteroatoms. The third-order valence-corrected chi connectivity index (χ3v) is 8.91. The highest BCUT2D eigenvalue weighted by molar-refractivity contribution is 7.89. The van der Waals surface area contributed by atoms with Gasteiger partial charge in [-0.1, -0.05) is 18.2 Å². The van der Waals surface area contributed by atoms with Gasteiger partial charge < -0.3 is 25.8 Å². The number of nitriles is 1. The van der Waals surface area contributed by atoms with Crippen LogP contribution in [-0.2, 0) is 23.0 Å². The standard InChI is InChI=1S/C29H29F3N6O5S/c1-17(35-15-26(39)22-11-21(13-33)27(34)36-14-22)9-19-5-8-24-20(10-19)12-25(28(40)41)38(24)16-18-3-6-23(7-4-18)44(42,43)37(2)29(30,31)32/h3-8,10-12,14,17,26,35,39H,9,15-16H2,1-2H3,(H2,34,36)(H,40,41). The number of fused-ring (bicyclic) bond motifs is 1. The maximum absolute atomic E-state index is 13.0. The van der Waals surface area contributed by atoms with Crippen LogP contribution in [0.5, 0.6) is 0 Å². The number of nitrogens with one attached hydrogen (secondary N) is 1. The van der Waals surface area contributed by atoms with Crippen molar-refractivity contribution >= 4 is 32.7 Å². The summed E-state index contributed by atoms with van der Waals surface area (Å²) in [4.78, 5) is 15.4. The van der Waals surface area contributed by atoms with Gasteiger partial charge in [0.05, 0.1) is 16.6 Å². The molecule has 0 aliphatic heterocycles. The number of carboxylic acids is 1. The van der Waals surface area contributed by atoms with Gasteiger partial charge in [-0.3, -0.25) is 0 Å². The van der Waals surface area contributed by atoms with Crippen molar-refractivity contribution in [1.82, 2.24) is 19.2 Å². The zero-order chi connectivity index (χ0) is 32.4. The van der Waals surface area contributed by atoms with E-state index in [9.17, 15) is 36.6 Å². The summed E-state index contributed by atoms with van der Waals surface area (Å²) in [6, 6.07) is 15.1. The highest BCUT2D eigenvalue weighted by Crippen LogP contribution is 2.28. The number of aromatic nitrogens is 2. The Morgan fingerprint density at radius 2 is 1.82 bits per heavy atom. The van der Waals surface area contributed by atoms with Crippen LogP contribution in [-0.4, -0.2) is 64.4 Å². The maximum atomic E-state index is 13.0. The topological polar surface area (TPSA) is 175 Å². The first-order valence-electron chi connectivity index (χ1n) is 13.2. The number of nitrogens with two attached hydrogens (primary N) is 1. The van der Waals surface area contributed by atoms with E-state index in [4.69, 9.17) is 11.0 Å². The number of nitrogens with zero attached hydrogens (tertiary/aromatic N) is 4. The molecular formula is C29H29F3N6O5S. The predicted molar refractivity (Wildman–Crippen MR) is 155 cm³/mol. The lowest BCUT2D eigenvalue weighted by Crippen LogP contribution is -2.39. The predicted octanol–water partition coefficient (Wildman–Crippen LogP) is 3.63. The van der Waals surface area contributed by atoms with Gasteiger partial charge in [0.15, 0.2) is 0 Å². The van der Waals surface area contributed by atoms with Crippen LogP contribution in [0.1, 0.15) is 45.8 Å². The van der Waals surface area contributed by atoms with Crippen LogP contribution in [0.4, 0.5) is 19.0 Å². The molecule has 0 saturated heterocycles. The average Bonchev–Trinajstić information content (AvgIpc) is 3.33. The first kappa shape index (κ1) is 32.4. The van der Waals surface area contributed by atoms with Crippen molar-refractivity contribution in [2.75, 3.05) is 19.3 Å². The van der Waals surface area contributed by atoms with Crippen molar-refractivity contribution in [2.24, 2.45) is 0 Å². The Morgan fingerprint density at radius 3 is 2.43 bits per heavy atom. The normalized spacial score (nSPS) is 13.6. The molecule has 44 heavy (non-hydrogen) atoms. The number of pyridine rings is 1. The number of hydrogen-bond acceptors (Lipinski definition) is 8. The van der Waals surface area contributed by atoms with Crippen LogP contribution < -0.4 is 11.1 Å². The third kappa shape index (κ3) is 7.00. The zero-order valence-corrected chi connectivity index (χ0v) is 24.4. The number of alkyl halides is 3. The Kier molecular flexibility index (Phi) is 9.30. The number of hydrogen-bond donors (Lipinski definition) is 4. The smallest absolute Gasteiger partial charge is 0.473 e. The summed E-state index contributed by atoms with van der Waals surface area (Å²) in [6.07, 6.45) is -4.05. The molecule has 2 atom stereocenters. The quantitative estimate of drug-likeness (QED) is 0.180. The minimum absolute atomic E-state index is 0.0196. The lowest BCUT2D eigenvalue weighted by Gasteiger charge is -2.20. The van der Waals surface area contributed by atoms with E-state index in [0.717, 1.165) is 17.7 Å². The molecule has 2 aromatic carbocycles. The molecule has 11 nitrogen and oxygen atoms in total. The Hall–Kier alpha value is -4.49. The summed E-state index contributed by atoms with van der Waals surface area (Å²) < 4.78 is 64.3. The minimum Gasteiger partial charge on any atom is -0.477 e. The van der Waals surface area contributed by atoms with Crippen LogP contribution in [0.3, 0.4) is 0 Å². The number of aliphatic hydroxyl groups is 1. The van der Waals surface area contributed by atoms with Gasteiger partial charge in [0.25, 0.3) is 0 Å². The van der Waals surface area contributed by atoms with Gasteiger partial charge in [-0.05, 0) is 60.9 Å². The summed E-state index contributed by atoms with van der Waals surface area (Å²) in [5.74, 6) is -1.10. The molecule has 2 unspecified atom stereocenters. The van der Waals surface area contributed by atoms with Gasteiger partial charge in [0.2, 0.25) is 10.0 Å². The number of halogens is 3. The molecule has 5 N–H and O–H groups in total. The van der Waals surface area contributed by atoms with Crippen molar-refractivity contribution in [2.45, 2.75) is 43.2 Å². The fourth-order valence-corrected chi connectivity index (χ4v) is 5.73. The van der Waals surface area contributed by atoms with E-state index in [-0.39, 0.29) is 36.2 Å². The molecule has 0 fully saturated rings. The maximum Gasteiger partial charge on any atom is 0.473 e. The number of carbonyl (C=O) groups is 1. The van der Waals surface area contributed by atoms with E-state index < -0.39 is 37.6 Å². The molecule has 232 valence electrons. The number of aliphatic hydroxyl groups excluding tert-OH is 1. The first-order chi connectivity index (χ1) is 20.6. The Bertz CT molecular complexity index is 1840. The molecule has 2 heterocycles. The molecule has 0 saturated carbocycles. The van der Waals surface area contributed by atoms with Crippen molar-refractivity contribution < 1.29 is 36.6 Å². The lowest BCUT2D eigenvalue weighted by molar-refractivity contribution is -0.202. The van der Waals surface area contributed by atoms with Crippen LogP contribution in [0.25, 0.3) is 10.9 Å². The third-order valence-electron chi connectivity index (χ3n) is 7.11. The molecule has 0 bridgehead atoms. The molecule has 2 aromatic heterocycles. The van der Waals surface area contributed by atoms with Gasteiger partial charge in [-0.15, -0.1) is 4.31 Å². The number of nitrogen functional groups attached to an aromatic ring is 1. The van der Waals surface area contributed by atoms with E-state index in [1.54, 1.807) is 6.07 Å². The van der Waals surface area contributed by atoms with Gasteiger partial charge >= 0.3 is 12.3 Å². The molecule has 0 aliphatic rings. The molecular weight excluding hydrogens is 601 g/mol. The van der Waals surface area contributed by atoms with Crippen molar-refractivity contribution in [3.8, 4) is 6.07 Å². The number of carboxylic acid groups (broad SMARTS) is 1. The largest absolute Gasteiger partial charge is 0.477 e. The average molecular weight is 631 g/mol. The lowest BCUT2D eigenvalue weighted by atomic mass is 10.0. The fraction of sp³-hybridized carbons (Fsp3) is 0.276. The van der Waals surface area contributed by atoms with Crippen LogP contribution in [0.2, 0.25) is 0 Å². The van der Waals surface area contributed by atoms with Crippen LogP contribution >= 0.6 is 0 Å². The monoisotopic (exact) mass is 630 g/mol. The van der Waals surface area contributed by atoms with Crippen LogP contribution in [0.15, 0.2) is 65.7 Å². The van der Waals surface area contributed by atoms with E-state index in [1.165, 1.54) is 35.0 Å². The summed E-state index contributed by atoms with van der Waals surface area (Å²) in [5.41, 5.74) is 8.21. The van der Waals surface area contributed by atoms with E-state index in [2.05, 4.69) is 10.3 Å². The molecule has 0 spiro atoms. The molecule has 0 amide bonds. The molecule has 0 radical (unpaired) electrons. The second-order valence-electron chi connectivity index (χ2n) is 10.2. The van der Waals surface area contributed by atoms with Crippen LogP contribution in [0, 0.1) is 11.3 Å². The SMILES string of the molecule is CC(Cc1ccc2c(c1)cc(C(=O)O)n2Cc1ccc(S(=O)(=O)N(C)C(F)(F)F)cc1)NCC(O)c1cnc(N)c(C#N)c1. The van der Waals surface area contributed by atoms with Crippen molar-refractivity contribution in [1.29, 1.82) is 5.26 Å². The van der Waals surface area contributed by atoms with Gasteiger partial charge in [0.1, 0.15) is 17.6 Å². The zero-order valence-electron chi connectivity index (χ0n) is 23.6. The minimum atomic E-state index is -5.08. The van der Waals surface area contributed by atoms with Gasteiger partial charge in [-0.2, -0.15) is 18.4 Å². The summed E-state index contributed by atoms with van der Waals surface area (Å²) in [5, 5.41) is 33.4. The molecule has 4 rings (SSSR count). The van der Waals surface area contributed by atoms with Gasteiger partial charge in [0, 0.05) is 48.8 Å². The Balaban J connectivity index is 1.48. The van der Waals surface area contributed by atoms with E-state index in [1.807, 2.05) is 25.1 Å². The van der Waals surface area contributed by atoms with E-state index in [0.29, 0.717) is 35.5 Å². The Morgan fingerprint density at radius 1 is 1.16 bits per heavy atom. The molecule has 4 aromatic rings. The summed E-state index contributed by atoms with van der Waals surface area (Å²) >= 11 is 0. The number of rotatable bonds is 11. The highest BCUT2D eigenvalue weighted by atomic mass is 32.2. The summed E-state index contributed by atoms with van der Waals surface area (Å²) in [7, 11) is -4.38. The van der Waals surface area contributed by atoms with Crippen molar-refractivity contribution in [3.05, 3.63) is 88.7 Å². The molecule has 0 aliphatic carbocycles. The van der Waals surface area contributed by atoms with Gasteiger partial charge in [-0.25, -0.2) is 18.2 Å². The fourth-order valence-electron chi connectivity index (χ4n) is 4.66. The highest BCUT2D eigenvalue weighted by Gasteiger charge is 2.43. The number of sulfonamides is 1. The first-order valence-corrected chi connectivity index (χ1v) is 14.6. The summed E-state index contributed by atoms with van der Waals surface area (Å²) in [6.45, 7) is 2.14. The second-order valence-corrected chi connectivity index (χ2v) is 12.2. The van der Waals surface area contributed by atoms with Crippen molar-refractivity contribution in [3.63, 3.8) is 0 Å². The number of anilines is 1.